The second kappa shape index (κ2) is 7.92. The quantitative estimate of drug-likeness (QED) is 0.776. The van der Waals surface area contributed by atoms with E-state index in [2.05, 4.69) is 26.5 Å². The van der Waals surface area contributed by atoms with E-state index in [1.54, 1.807) is 11.4 Å². The zero-order chi connectivity index (χ0) is 20.3. The monoisotopic (exact) mass is 384 g/mol. The van der Waals surface area contributed by atoms with Gasteiger partial charge in [-0.25, -0.2) is 9.50 Å². The molecule has 1 amide bonds. The summed E-state index contributed by atoms with van der Waals surface area (Å²) in [5.74, 6) is -0.519. The second-order valence-corrected chi connectivity index (χ2v) is 7.29. The number of aryl methyl sites for hydroxylation is 2. The average Bonchev–Trinajstić information content (AvgIpc) is 3.14. The summed E-state index contributed by atoms with van der Waals surface area (Å²) in [5, 5.41) is 16.4. The van der Waals surface area contributed by atoms with Gasteiger partial charge in [0.1, 0.15) is 11.9 Å². The Morgan fingerprint density at radius 3 is 2.75 bits per heavy atom. The fourth-order valence-corrected chi connectivity index (χ4v) is 3.61. The lowest BCUT2D eigenvalue weighted by atomic mass is 9.83. The molecule has 1 aliphatic rings. The minimum absolute atomic E-state index is 0.0263. The molecule has 2 heterocycles. The summed E-state index contributed by atoms with van der Waals surface area (Å²) in [7, 11) is 0. The Kier molecular flexibility index (Phi) is 5.58. The Hall–Kier alpha value is -3.02. The number of ether oxygens (including phenoxy) is 1. The van der Waals surface area contributed by atoms with Crippen molar-refractivity contribution in [3.05, 3.63) is 23.3 Å². The molecule has 0 bridgehead atoms. The molecular weight excluding hydrogens is 360 g/mol. The summed E-state index contributed by atoms with van der Waals surface area (Å²) in [4.78, 5) is 33.2. The molecule has 0 unspecified atom stereocenters. The van der Waals surface area contributed by atoms with Crippen molar-refractivity contribution in [3.63, 3.8) is 0 Å². The highest BCUT2D eigenvalue weighted by molar-refractivity contribution is 5.85. The first-order valence-electron chi connectivity index (χ1n) is 9.44. The first-order valence-corrected chi connectivity index (χ1v) is 9.44. The van der Waals surface area contributed by atoms with Gasteiger partial charge in [-0.15, -0.1) is 0 Å². The highest BCUT2D eigenvalue weighted by Crippen LogP contribution is 2.27. The number of nitriles is 1. The van der Waals surface area contributed by atoms with Crippen molar-refractivity contribution in [2.24, 2.45) is 0 Å². The zero-order valence-electron chi connectivity index (χ0n) is 16.4. The lowest BCUT2D eigenvalue weighted by Crippen LogP contribution is -2.52. The molecule has 2 aromatic rings. The van der Waals surface area contributed by atoms with Gasteiger partial charge in [0.05, 0.1) is 12.5 Å². The molecule has 9 nitrogen and oxygen atoms in total. The van der Waals surface area contributed by atoms with Crippen LogP contribution >= 0.6 is 0 Å². The minimum Gasteiger partial charge on any atom is -0.452 e. The van der Waals surface area contributed by atoms with Crippen molar-refractivity contribution >= 4 is 17.7 Å². The maximum Gasteiger partial charge on any atom is 0.311 e. The molecule has 1 saturated carbocycles. The summed E-state index contributed by atoms with van der Waals surface area (Å²) in [6.07, 6.45) is 4.50. The van der Waals surface area contributed by atoms with Gasteiger partial charge in [0, 0.05) is 17.0 Å². The van der Waals surface area contributed by atoms with Crippen LogP contribution in [0.1, 0.15) is 56.0 Å². The molecule has 1 aliphatic carbocycles. The van der Waals surface area contributed by atoms with E-state index in [1.807, 2.05) is 6.92 Å². The Bertz CT molecular complexity index is 939. The van der Waals surface area contributed by atoms with Crippen LogP contribution in [0.4, 0.5) is 0 Å². The van der Waals surface area contributed by atoms with Crippen LogP contribution < -0.4 is 5.32 Å². The molecule has 28 heavy (non-hydrogen) atoms. The summed E-state index contributed by atoms with van der Waals surface area (Å²) in [6.45, 7) is 5.13. The zero-order valence-corrected chi connectivity index (χ0v) is 16.4. The van der Waals surface area contributed by atoms with E-state index in [0.29, 0.717) is 29.9 Å². The van der Waals surface area contributed by atoms with E-state index < -0.39 is 23.5 Å². The van der Waals surface area contributed by atoms with Crippen LogP contribution in [0, 0.1) is 25.2 Å². The van der Waals surface area contributed by atoms with Crippen LogP contribution in [0.25, 0.3) is 5.78 Å². The Morgan fingerprint density at radius 1 is 1.36 bits per heavy atom. The van der Waals surface area contributed by atoms with Gasteiger partial charge in [0.15, 0.2) is 6.10 Å². The van der Waals surface area contributed by atoms with Crippen LogP contribution in [0.2, 0.25) is 0 Å². The van der Waals surface area contributed by atoms with Crippen molar-refractivity contribution in [2.75, 3.05) is 0 Å². The molecule has 0 spiro atoms. The molecule has 148 valence electrons. The summed E-state index contributed by atoms with van der Waals surface area (Å²) < 4.78 is 6.88. The highest BCUT2D eigenvalue weighted by atomic mass is 16.5. The van der Waals surface area contributed by atoms with Gasteiger partial charge in [-0.3, -0.25) is 9.59 Å². The molecule has 3 rings (SSSR count). The number of rotatable bonds is 5. The van der Waals surface area contributed by atoms with Crippen molar-refractivity contribution in [3.8, 4) is 6.07 Å². The first-order chi connectivity index (χ1) is 13.3. The van der Waals surface area contributed by atoms with E-state index in [9.17, 15) is 14.9 Å². The molecule has 0 saturated heterocycles. The van der Waals surface area contributed by atoms with Crippen LogP contribution in [0.3, 0.4) is 0 Å². The summed E-state index contributed by atoms with van der Waals surface area (Å²) >= 11 is 0. The van der Waals surface area contributed by atoms with Gasteiger partial charge in [-0.05, 0) is 33.6 Å². The number of carbonyl (C=O) groups excluding carboxylic acids is 2. The van der Waals surface area contributed by atoms with Crippen molar-refractivity contribution in [2.45, 2.75) is 70.9 Å². The second-order valence-electron chi connectivity index (χ2n) is 7.29. The highest BCUT2D eigenvalue weighted by Gasteiger charge is 2.35. The number of nitrogens with zero attached hydrogens (tertiary/aromatic N) is 5. The topological polar surface area (TPSA) is 122 Å². The number of amides is 1. The third-order valence-corrected chi connectivity index (χ3v) is 5.27. The van der Waals surface area contributed by atoms with Crippen molar-refractivity contribution in [1.82, 2.24) is 24.9 Å². The Morgan fingerprint density at radius 2 is 2.07 bits per heavy atom. The molecule has 0 aromatic carbocycles. The maximum absolute atomic E-state index is 12.5. The third kappa shape index (κ3) is 3.96. The van der Waals surface area contributed by atoms with E-state index in [-0.39, 0.29) is 6.42 Å². The molecular formula is C19H24N6O3. The lowest BCUT2D eigenvalue weighted by molar-refractivity contribution is -0.154. The molecule has 1 fully saturated rings. The van der Waals surface area contributed by atoms with E-state index in [4.69, 9.17) is 4.74 Å². The number of hydrogen-bond donors (Lipinski definition) is 1. The van der Waals surface area contributed by atoms with E-state index >= 15 is 0 Å². The predicted molar refractivity (Wildman–Crippen MR) is 99.1 cm³/mol. The lowest BCUT2D eigenvalue weighted by Gasteiger charge is -2.32. The maximum atomic E-state index is 12.5. The SMILES string of the molecule is Cc1nc2ncnn2c(C)c1CC(=O)O[C@H](C)C(=O)NC1(C#N)CCCCC1. The van der Waals surface area contributed by atoms with Crippen molar-refractivity contribution in [1.29, 1.82) is 5.26 Å². The fraction of sp³-hybridized carbons (Fsp3) is 0.579. The number of aromatic nitrogens is 4. The van der Waals surface area contributed by atoms with Gasteiger partial charge in [0.2, 0.25) is 0 Å². The van der Waals surface area contributed by atoms with E-state index in [1.165, 1.54) is 13.3 Å². The van der Waals surface area contributed by atoms with Gasteiger partial charge in [-0.1, -0.05) is 19.3 Å². The van der Waals surface area contributed by atoms with Gasteiger partial charge in [-0.2, -0.15) is 15.3 Å². The molecule has 1 atom stereocenters. The number of hydrogen-bond acceptors (Lipinski definition) is 7. The van der Waals surface area contributed by atoms with Crippen LogP contribution in [-0.4, -0.2) is 43.1 Å². The Balaban J connectivity index is 1.64. The predicted octanol–water partition coefficient (Wildman–Crippen LogP) is 1.56. The van der Waals surface area contributed by atoms with Gasteiger partial charge < -0.3 is 10.1 Å². The molecule has 1 N–H and O–H groups in total. The normalized spacial score (nSPS) is 16.9. The van der Waals surface area contributed by atoms with Gasteiger partial charge >= 0.3 is 5.97 Å². The van der Waals surface area contributed by atoms with Crippen LogP contribution in [0.15, 0.2) is 6.33 Å². The Labute approximate surface area is 163 Å². The standard InChI is InChI=1S/C19H24N6O3/c1-12-15(13(2)25-18(23-12)21-11-22-25)9-16(26)28-14(3)17(27)24-19(10-20)7-5-4-6-8-19/h11,14H,4-9H2,1-3H3,(H,24,27)/t14-/m1/s1. The summed E-state index contributed by atoms with van der Waals surface area (Å²) in [6, 6.07) is 2.23. The molecule has 0 radical (unpaired) electrons. The molecule has 2 aromatic heterocycles. The summed E-state index contributed by atoms with van der Waals surface area (Å²) in [5.41, 5.74) is 1.25. The number of nitrogens with one attached hydrogen (secondary N) is 1. The number of fused-ring (bicyclic) bond motifs is 1. The van der Waals surface area contributed by atoms with E-state index in [0.717, 1.165) is 25.0 Å². The van der Waals surface area contributed by atoms with Crippen LogP contribution in [-0.2, 0) is 20.7 Å². The van der Waals surface area contributed by atoms with Crippen LogP contribution in [0.5, 0.6) is 0 Å². The van der Waals surface area contributed by atoms with Gasteiger partial charge in [0.25, 0.3) is 11.7 Å². The molecule has 0 aliphatic heterocycles. The first kappa shape index (κ1) is 19.7. The number of esters is 1. The fourth-order valence-electron chi connectivity index (χ4n) is 3.61. The minimum atomic E-state index is -0.983. The third-order valence-electron chi connectivity index (χ3n) is 5.27. The number of carbonyl (C=O) groups is 2. The van der Waals surface area contributed by atoms with Crippen molar-refractivity contribution < 1.29 is 14.3 Å². The largest absolute Gasteiger partial charge is 0.452 e. The smallest absolute Gasteiger partial charge is 0.311 e. The average molecular weight is 384 g/mol. The molecule has 9 heteroatoms.